The zero-order chi connectivity index (χ0) is 15.6. The van der Waals surface area contributed by atoms with Crippen LogP contribution in [0.2, 0.25) is 0 Å². The van der Waals surface area contributed by atoms with E-state index in [9.17, 15) is 18.5 Å². The Morgan fingerprint density at radius 2 is 2.24 bits per heavy atom. The van der Waals surface area contributed by atoms with Gasteiger partial charge < -0.3 is 10.0 Å². The van der Waals surface area contributed by atoms with Gasteiger partial charge in [0.15, 0.2) is 9.84 Å². The van der Waals surface area contributed by atoms with Crippen LogP contribution in [0.1, 0.15) is 12.0 Å². The van der Waals surface area contributed by atoms with Gasteiger partial charge in [0.2, 0.25) is 0 Å². The van der Waals surface area contributed by atoms with Crippen LogP contribution in [0.15, 0.2) is 22.7 Å². The molecule has 1 N–H and O–H groups in total. The van der Waals surface area contributed by atoms with Gasteiger partial charge in [-0.3, -0.25) is 4.79 Å². The standard InChI is InChI=1S/C13H13BrN2O4S/c14-10-2-1-9(6-15)12(5-10)16(7-13(17)18)11-3-4-21(19,20)8-11/h1-2,5,11H,3-4,7-8H2,(H,17,18). The summed E-state index contributed by atoms with van der Waals surface area (Å²) in [4.78, 5) is 12.6. The highest BCUT2D eigenvalue weighted by atomic mass is 79.9. The van der Waals surface area contributed by atoms with Crippen LogP contribution in [0.3, 0.4) is 0 Å². The maximum Gasteiger partial charge on any atom is 0.323 e. The van der Waals surface area contributed by atoms with Gasteiger partial charge in [-0.2, -0.15) is 5.26 Å². The van der Waals surface area contributed by atoms with Crippen LogP contribution >= 0.6 is 15.9 Å². The second-order valence-electron chi connectivity index (χ2n) is 4.85. The first-order valence-electron chi connectivity index (χ1n) is 6.21. The second kappa shape index (κ2) is 6.03. The molecule has 112 valence electrons. The van der Waals surface area contributed by atoms with Crippen molar-refractivity contribution in [2.24, 2.45) is 0 Å². The maximum absolute atomic E-state index is 11.6. The zero-order valence-electron chi connectivity index (χ0n) is 11.0. The molecule has 1 heterocycles. The third kappa shape index (κ3) is 3.74. The largest absolute Gasteiger partial charge is 0.480 e. The molecule has 6 nitrogen and oxygen atoms in total. The summed E-state index contributed by atoms with van der Waals surface area (Å²) in [6, 6.07) is 6.51. The molecule has 8 heteroatoms. The van der Waals surface area contributed by atoms with E-state index in [4.69, 9.17) is 5.11 Å². The zero-order valence-corrected chi connectivity index (χ0v) is 13.4. The summed E-state index contributed by atoms with van der Waals surface area (Å²) < 4.78 is 24.0. The lowest BCUT2D eigenvalue weighted by atomic mass is 10.1. The Balaban J connectivity index is 2.44. The number of hydrogen-bond donors (Lipinski definition) is 1. The molecule has 1 atom stereocenters. The molecule has 1 saturated heterocycles. The second-order valence-corrected chi connectivity index (χ2v) is 8.00. The molecule has 1 unspecified atom stereocenters. The number of carboxylic acids is 1. The molecular formula is C13H13BrN2O4S. The molecule has 0 aliphatic carbocycles. The smallest absolute Gasteiger partial charge is 0.323 e. The number of aliphatic carboxylic acids is 1. The first-order chi connectivity index (χ1) is 9.82. The van der Waals surface area contributed by atoms with Gasteiger partial charge in [-0.15, -0.1) is 0 Å². The third-order valence-corrected chi connectivity index (χ3v) is 5.59. The van der Waals surface area contributed by atoms with Crippen molar-refractivity contribution < 1.29 is 18.3 Å². The van der Waals surface area contributed by atoms with Gasteiger partial charge in [0.1, 0.15) is 12.6 Å². The summed E-state index contributed by atoms with van der Waals surface area (Å²) in [5, 5.41) is 18.3. The van der Waals surface area contributed by atoms with E-state index < -0.39 is 21.8 Å². The Kier molecular flexibility index (Phi) is 4.54. The summed E-state index contributed by atoms with van der Waals surface area (Å²) in [5.41, 5.74) is 0.764. The Morgan fingerprint density at radius 1 is 1.52 bits per heavy atom. The van der Waals surface area contributed by atoms with Crippen molar-refractivity contribution >= 4 is 37.4 Å². The molecule has 1 fully saturated rings. The highest BCUT2D eigenvalue weighted by Gasteiger charge is 2.34. The Bertz CT molecular complexity index is 711. The van der Waals surface area contributed by atoms with E-state index in [1.165, 1.54) is 4.90 Å². The highest BCUT2D eigenvalue weighted by molar-refractivity contribution is 9.10. The number of nitriles is 1. The van der Waals surface area contributed by atoms with Crippen LogP contribution in [0.5, 0.6) is 0 Å². The molecule has 0 saturated carbocycles. The van der Waals surface area contributed by atoms with Gasteiger partial charge in [-0.05, 0) is 24.6 Å². The SMILES string of the molecule is N#Cc1ccc(Br)cc1N(CC(=O)O)C1CCS(=O)(=O)C1. The van der Waals surface area contributed by atoms with Crippen LogP contribution in [0.4, 0.5) is 5.69 Å². The molecule has 21 heavy (non-hydrogen) atoms. The van der Waals surface area contributed by atoms with Gasteiger partial charge in [-0.1, -0.05) is 15.9 Å². The average Bonchev–Trinajstić information content (AvgIpc) is 2.76. The molecule has 0 amide bonds. The Labute approximate surface area is 131 Å². The summed E-state index contributed by atoms with van der Waals surface area (Å²) in [6.45, 7) is -0.342. The molecule has 1 aromatic carbocycles. The Morgan fingerprint density at radius 3 is 2.76 bits per heavy atom. The van der Waals surface area contributed by atoms with Gasteiger partial charge in [0, 0.05) is 10.5 Å². The minimum Gasteiger partial charge on any atom is -0.480 e. The van der Waals surface area contributed by atoms with Crippen molar-refractivity contribution in [2.75, 3.05) is 23.0 Å². The third-order valence-electron chi connectivity index (χ3n) is 3.34. The fourth-order valence-electron chi connectivity index (χ4n) is 2.41. The van der Waals surface area contributed by atoms with Crippen LogP contribution in [0, 0.1) is 11.3 Å². The Hall–Kier alpha value is -1.59. The minimum absolute atomic E-state index is 0.0453. The van der Waals surface area contributed by atoms with Crippen LogP contribution in [0.25, 0.3) is 0 Å². The lowest BCUT2D eigenvalue weighted by Gasteiger charge is -2.29. The van der Waals surface area contributed by atoms with Crippen molar-refractivity contribution in [3.05, 3.63) is 28.2 Å². The average molecular weight is 373 g/mol. The lowest BCUT2D eigenvalue weighted by molar-refractivity contribution is -0.135. The first-order valence-corrected chi connectivity index (χ1v) is 8.82. The number of carboxylic acid groups (broad SMARTS) is 1. The number of nitrogens with zero attached hydrogens (tertiary/aromatic N) is 2. The quantitative estimate of drug-likeness (QED) is 0.857. The fraction of sp³-hybridized carbons (Fsp3) is 0.385. The number of hydrogen-bond acceptors (Lipinski definition) is 5. The van der Waals surface area contributed by atoms with E-state index >= 15 is 0 Å². The minimum atomic E-state index is -3.14. The summed E-state index contributed by atoms with van der Waals surface area (Å²) in [5.74, 6) is -1.11. The van der Waals surface area contributed by atoms with E-state index in [1.807, 2.05) is 6.07 Å². The van der Waals surface area contributed by atoms with Crippen molar-refractivity contribution in [3.8, 4) is 6.07 Å². The predicted octanol–water partition coefficient (Wildman–Crippen LogP) is 1.40. The number of halogens is 1. The number of anilines is 1. The van der Waals surface area contributed by atoms with E-state index in [0.717, 1.165) is 0 Å². The number of carbonyl (C=O) groups is 1. The molecule has 0 aromatic heterocycles. The molecule has 2 rings (SSSR count). The van der Waals surface area contributed by atoms with E-state index in [1.54, 1.807) is 18.2 Å². The van der Waals surface area contributed by atoms with Crippen molar-refractivity contribution in [3.63, 3.8) is 0 Å². The molecule has 1 aliphatic heterocycles. The first kappa shape index (κ1) is 15.8. The van der Waals surface area contributed by atoms with Crippen molar-refractivity contribution in [1.82, 2.24) is 0 Å². The van der Waals surface area contributed by atoms with Crippen molar-refractivity contribution in [2.45, 2.75) is 12.5 Å². The maximum atomic E-state index is 11.6. The number of benzene rings is 1. The van der Waals surface area contributed by atoms with Gasteiger partial charge in [0.25, 0.3) is 0 Å². The van der Waals surface area contributed by atoms with E-state index in [-0.39, 0.29) is 18.1 Å². The molecule has 0 spiro atoms. The van der Waals surface area contributed by atoms with Gasteiger partial charge >= 0.3 is 5.97 Å². The van der Waals surface area contributed by atoms with Gasteiger partial charge in [0.05, 0.1) is 22.8 Å². The normalized spacial score (nSPS) is 19.9. The fourth-order valence-corrected chi connectivity index (χ4v) is 4.49. The van der Waals surface area contributed by atoms with Crippen LogP contribution in [-0.4, -0.2) is 43.6 Å². The van der Waals surface area contributed by atoms with Crippen LogP contribution < -0.4 is 4.90 Å². The number of rotatable bonds is 4. The predicted molar refractivity (Wildman–Crippen MR) is 80.9 cm³/mol. The van der Waals surface area contributed by atoms with E-state index in [2.05, 4.69) is 15.9 Å². The van der Waals surface area contributed by atoms with E-state index in [0.29, 0.717) is 22.1 Å². The molecule has 0 radical (unpaired) electrons. The lowest BCUT2D eigenvalue weighted by Crippen LogP contribution is -2.40. The topological polar surface area (TPSA) is 98.5 Å². The summed E-state index contributed by atoms with van der Waals surface area (Å²) in [7, 11) is -3.14. The monoisotopic (exact) mass is 372 g/mol. The number of sulfone groups is 1. The van der Waals surface area contributed by atoms with Crippen LogP contribution in [-0.2, 0) is 14.6 Å². The summed E-state index contributed by atoms with van der Waals surface area (Å²) in [6.07, 6.45) is 0.368. The van der Waals surface area contributed by atoms with Crippen molar-refractivity contribution in [1.29, 1.82) is 5.26 Å². The molecular weight excluding hydrogens is 360 g/mol. The highest BCUT2D eigenvalue weighted by Crippen LogP contribution is 2.29. The molecule has 0 bridgehead atoms. The molecule has 1 aromatic rings. The van der Waals surface area contributed by atoms with Gasteiger partial charge in [-0.25, -0.2) is 8.42 Å². The molecule has 1 aliphatic rings. The summed E-state index contributed by atoms with van der Waals surface area (Å²) >= 11 is 3.29.